The number of amides is 1. The molecule has 0 bridgehead atoms. The number of nitrogens with two attached hydrogens (primary N) is 1. The molecule has 0 radical (unpaired) electrons. The summed E-state index contributed by atoms with van der Waals surface area (Å²) in [5.41, 5.74) is 9.08. The predicted octanol–water partition coefficient (Wildman–Crippen LogP) is 5.87. The summed E-state index contributed by atoms with van der Waals surface area (Å²) in [4.78, 5) is 45.5. The van der Waals surface area contributed by atoms with Crippen molar-refractivity contribution >= 4 is 63.4 Å². The van der Waals surface area contributed by atoms with Crippen LogP contribution in [0.4, 0.5) is 15.7 Å². The molecule has 50 heavy (non-hydrogen) atoms. The molecule has 1 aliphatic carbocycles. The number of ether oxygens (including phenoxy) is 3. The number of likely N-dealkylation sites (N-methyl/N-ethyl adjacent to an activating group) is 1. The molecule has 2 aliphatic rings. The number of esters is 1. The summed E-state index contributed by atoms with van der Waals surface area (Å²) in [6.45, 7) is 6.69. The molecule has 258 valence electrons. The van der Waals surface area contributed by atoms with Crippen molar-refractivity contribution in [3.8, 4) is 11.9 Å². The number of nitrogens with zero attached hydrogens (tertiary/aromatic N) is 5. The number of H-pyrrole nitrogens is 1. The van der Waals surface area contributed by atoms with Gasteiger partial charge in [-0.2, -0.15) is 15.2 Å². The summed E-state index contributed by atoms with van der Waals surface area (Å²) < 4.78 is 16.6. The number of thioether (sulfide) groups is 1. The van der Waals surface area contributed by atoms with Crippen molar-refractivity contribution in [2.45, 2.75) is 45.9 Å². The molecule has 0 spiro atoms. The number of aromatic nitrogens is 4. The lowest BCUT2D eigenvalue weighted by Gasteiger charge is -2.18. The standard InChI is InChI=1S/C35H36N8O5S2/c1-35(2,3)48-32(44)24(16-36)12-25-11-22-13-27-23(14-26(22)49-25)15-28(50-27)43(4)9-10-46-34(45)38-17-20-5-7-21(8-6-20)18-47-31-29-30(40-19-39-29)41-33(37)42-31/h5-8,11-12,14-15,19,22H,9-10,13,17-18H2,1-4H3,(H,38,45)(H3,37,39,40,41,42)/b24-12+. The summed E-state index contributed by atoms with van der Waals surface area (Å²) >= 11 is 3.29. The molecule has 1 atom stereocenters. The van der Waals surface area contributed by atoms with Crippen LogP contribution >= 0.6 is 23.1 Å². The van der Waals surface area contributed by atoms with E-state index < -0.39 is 17.7 Å². The van der Waals surface area contributed by atoms with E-state index in [4.69, 9.17) is 19.9 Å². The first-order chi connectivity index (χ1) is 23.9. The van der Waals surface area contributed by atoms with E-state index in [1.165, 1.54) is 16.1 Å². The number of hydrogen-bond donors (Lipinski definition) is 3. The Balaban J connectivity index is 0.931. The Kier molecular flexibility index (Phi) is 10.1. The molecule has 13 nitrogen and oxygen atoms in total. The van der Waals surface area contributed by atoms with Crippen LogP contribution in [-0.4, -0.2) is 57.8 Å². The number of fused-ring (bicyclic) bond motifs is 3. The Morgan fingerprint density at radius 3 is 2.76 bits per heavy atom. The number of carbonyl (C=O) groups is 2. The van der Waals surface area contributed by atoms with E-state index in [1.54, 1.807) is 49.9 Å². The minimum atomic E-state index is -0.670. The lowest BCUT2D eigenvalue weighted by molar-refractivity contribution is -0.149. The minimum absolute atomic E-state index is 0.00717. The third-order valence-electron chi connectivity index (χ3n) is 7.66. The SMILES string of the molecule is CN(CCOC(=O)NCc1ccc(COc2nc(N)nc3[nH]cnc23)cc1)c1cc2c(s1)CC1C=C(/C=C(\C#N)C(=O)OC(C)(C)C)SC1=C2. The van der Waals surface area contributed by atoms with Gasteiger partial charge in [-0.25, -0.2) is 14.6 Å². The highest BCUT2D eigenvalue weighted by Crippen LogP contribution is 2.49. The summed E-state index contributed by atoms with van der Waals surface area (Å²) in [6.07, 6.45) is 7.77. The summed E-state index contributed by atoms with van der Waals surface area (Å²) in [5.74, 6) is -0.0144. The fourth-order valence-electron chi connectivity index (χ4n) is 5.21. The van der Waals surface area contributed by atoms with Gasteiger partial charge in [0.1, 0.15) is 30.5 Å². The van der Waals surface area contributed by atoms with Crippen LogP contribution in [0, 0.1) is 17.2 Å². The number of nitrogens with one attached hydrogen (secondary N) is 2. The van der Waals surface area contributed by atoms with E-state index in [-0.39, 0.29) is 30.7 Å². The van der Waals surface area contributed by atoms with Crippen molar-refractivity contribution in [1.29, 1.82) is 5.26 Å². The molecule has 1 aromatic carbocycles. The first-order valence-corrected chi connectivity index (χ1v) is 17.5. The Bertz CT molecular complexity index is 2050. The highest BCUT2D eigenvalue weighted by atomic mass is 32.2. The number of rotatable bonds is 11. The van der Waals surface area contributed by atoms with Gasteiger partial charge in [0.15, 0.2) is 11.2 Å². The maximum Gasteiger partial charge on any atom is 0.407 e. The zero-order valence-corrected chi connectivity index (χ0v) is 29.6. The molecule has 15 heteroatoms. The lowest BCUT2D eigenvalue weighted by atomic mass is 9.95. The van der Waals surface area contributed by atoms with Gasteiger partial charge in [-0.05, 0) is 67.0 Å². The van der Waals surface area contributed by atoms with Crippen molar-refractivity contribution in [3.05, 3.63) is 85.8 Å². The third kappa shape index (κ3) is 8.44. The second-order valence-electron chi connectivity index (χ2n) is 12.7. The summed E-state index contributed by atoms with van der Waals surface area (Å²) in [6, 6.07) is 11.8. The number of nitriles is 1. The van der Waals surface area contributed by atoms with Crippen LogP contribution in [0.1, 0.15) is 42.3 Å². The van der Waals surface area contributed by atoms with Gasteiger partial charge in [-0.3, -0.25) is 0 Å². The highest BCUT2D eigenvalue weighted by molar-refractivity contribution is 8.07. The van der Waals surface area contributed by atoms with Crippen LogP contribution in [0.25, 0.3) is 17.2 Å². The monoisotopic (exact) mass is 712 g/mol. The molecule has 1 unspecified atom stereocenters. The normalized spacial score (nSPS) is 15.3. The number of aromatic amines is 1. The maximum absolute atomic E-state index is 12.4. The molecule has 6 rings (SSSR count). The average molecular weight is 713 g/mol. The van der Waals surface area contributed by atoms with Crippen LogP contribution in [0.15, 0.2) is 64.2 Å². The summed E-state index contributed by atoms with van der Waals surface area (Å²) in [5, 5.41) is 13.4. The van der Waals surface area contributed by atoms with Gasteiger partial charge in [0.25, 0.3) is 0 Å². The molecule has 4 aromatic rings. The van der Waals surface area contributed by atoms with Gasteiger partial charge in [0.2, 0.25) is 11.8 Å². The lowest BCUT2D eigenvalue weighted by Crippen LogP contribution is -2.28. The number of hydrogen-bond acceptors (Lipinski definition) is 13. The van der Waals surface area contributed by atoms with Gasteiger partial charge in [-0.1, -0.05) is 42.1 Å². The predicted molar refractivity (Wildman–Crippen MR) is 193 cm³/mol. The molecule has 0 saturated heterocycles. The number of carbonyl (C=O) groups excluding carboxylic acids is 2. The van der Waals surface area contributed by atoms with Crippen molar-refractivity contribution in [2.75, 3.05) is 30.8 Å². The number of alkyl carbamates (subject to hydrolysis) is 1. The van der Waals surface area contributed by atoms with E-state index in [0.717, 1.165) is 33.0 Å². The fraction of sp³-hybridized carbons (Fsp3) is 0.314. The first kappa shape index (κ1) is 34.5. The number of imidazole rings is 1. The minimum Gasteiger partial charge on any atom is -0.471 e. The van der Waals surface area contributed by atoms with E-state index in [2.05, 4.69) is 48.4 Å². The van der Waals surface area contributed by atoms with Crippen LogP contribution in [0.2, 0.25) is 0 Å². The van der Waals surface area contributed by atoms with E-state index in [0.29, 0.717) is 30.1 Å². The fourth-order valence-corrected chi connectivity index (χ4v) is 7.56. The molecule has 1 amide bonds. The van der Waals surface area contributed by atoms with Gasteiger partial charge in [0.05, 0.1) is 17.9 Å². The van der Waals surface area contributed by atoms with Gasteiger partial charge in [-0.15, -0.1) is 11.3 Å². The first-order valence-electron chi connectivity index (χ1n) is 15.8. The number of thiophene rings is 1. The number of anilines is 2. The van der Waals surface area contributed by atoms with Crippen LogP contribution in [0.5, 0.6) is 5.88 Å². The van der Waals surface area contributed by atoms with Crippen molar-refractivity contribution in [1.82, 2.24) is 25.3 Å². The Labute approximate surface area is 297 Å². The van der Waals surface area contributed by atoms with Gasteiger partial charge >= 0.3 is 12.1 Å². The maximum atomic E-state index is 12.4. The molecular weight excluding hydrogens is 677 g/mol. The highest BCUT2D eigenvalue weighted by Gasteiger charge is 2.29. The molecule has 0 fully saturated rings. The molecular formula is C35H36N8O5S2. The largest absolute Gasteiger partial charge is 0.471 e. The van der Waals surface area contributed by atoms with Crippen LogP contribution in [0.3, 0.4) is 0 Å². The topological polar surface area (TPSA) is 181 Å². The smallest absolute Gasteiger partial charge is 0.407 e. The Morgan fingerprint density at radius 2 is 2.00 bits per heavy atom. The third-order valence-corrected chi connectivity index (χ3v) is 10.1. The van der Waals surface area contributed by atoms with E-state index in [9.17, 15) is 14.9 Å². The summed E-state index contributed by atoms with van der Waals surface area (Å²) in [7, 11) is 1.98. The Hall–Kier alpha value is -5.33. The second kappa shape index (κ2) is 14.7. The average Bonchev–Trinajstić information content (AvgIpc) is 3.81. The molecule has 4 heterocycles. The van der Waals surface area contributed by atoms with E-state index >= 15 is 0 Å². The van der Waals surface area contributed by atoms with Crippen molar-refractivity contribution in [2.24, 2.45) is 5.92 Å². The second-order valence-corrected chi connectivity index (χ2v) is 14.9. The zero-order valence-electron chi connectivity index (χ0n) is 28.0. The number of benzene rings is 1. The molecule has 4 N–H and O–H groups in total. The molecule has 1 aliphatic heterocycles. The van der Waals surface area contributed by atoms with Gasteiger partial charge in [0, 0.05) is 29.3 Å². The zero-order chi connectivity index (χ0) is 35.4. The number of allylic oxidation sites excluding steroid dienone is 3. The van der Waals surface area contributed by atoms with Gasteiger partial charge < -0.3 is 35.1 Å². The van der Waals surface area contributed by atoms with Crippen LogP contribution < -0.4 is 20.7 Å². The molecule has 0 saturated carbocycles. The van der Waals surface area contributed by atoms with Crippen molar-refractivity contribution in [3.63, 3.8) is 0 Å². The number of nitrogen functional groups attached to an aromatic ring is 1. The van der Waals surface area contributed by atoms with E-state index in [1.807, 2.05) is 37.4 Å². The molecule has 3 aromatic heterocycles. The quantitative estimate of drug-likeness (QED) is 0.0957. The Morgan fingerprint density at radius 1 is 1.22 bits per heavy atom. The van der Waals surface area contributed by atoms with Crippen molar-refractivity contribution < 1.29 is 23.8 Å². The van der Waals surface area contributed by atoms with Crippen LogP contribution in [-0.2, 0) is 33.8 Å².